The molecule has 2 aliphatic rings. The summed E-state index contributed by atoms with van der Waals surface area (Å²) in [5, 5.41) is 3.84. The molecule has 0 aromatic heterocycles. The number of para-hydroxylation sites is 1. The van der Waals surface area contributed by atoms with E-state index in [0.717, 1.165) is 12.1 Å². The average molecular weight is 381 g/mol. The quantitative estimate of drug-likeness (QED) is 0.505. The van der Waals surface area contributed by atoms with E-state index in [1.807, 2.05) is 0 Å². The Morgan fingerprint density at radius 3 is 2.31 bits per heavy atom. The highest BCUT2D eigenvalue weighted by Gasteiger charge is 2.26. The van der Waals surface area contributed by atoms with E-state index < -0.39 is 0 Å². The lowest BCUT2D eigenvalue weighted by molar-refractivity contribution is 0.470. The Labute approximate surface area is 173 Å². The molecule has 1 fully saturated rings. The Kier molecular flexibility index (Phi) is 4.93. The lowest BCUT2D eigenvalue weighted by Gasteiger charge is -2.26. The summed E-state index contributed by atoms with van der Waals surface area (Å²) in [5.74, 6) is 0.704. The molecule has 2 nitrogen and oxygen atoms in total. The van der Waals surface area contributed by atoms with Crippen molar-refractivity contribution in [3.05, 3.63) is 95.1 Å². The smallest absolute Gasteiger partial charge is 0.0669 e. The third kappa shape index (κ3) is 3.85. The second kappa shape index (κ2) is 7.87. The molecule has 146 valence electrons. The SMILES string of the molecule is Cc1ccc(NC(c2ccc(C3=Nc4ccccc4C3)cc2)C2CCCC2)cc1. The number of benzene rings is 3. The topological polar surface area (TPSA) is 24.4 Å². The molecule has 3 aromatic rings. The Morgan fingerprint density at radius 1 is 0.862 bits per heavy atom. The van der Waals surface area contributed by atoms with Gasteiger partial charge in [-0.3, -0.25) is 4.99 Å². The maximum Gasteiger partial charge on any atom is 0.0669 e. The Bertz CT molecular complexity index is 1010. The third-order valence-corrected chi connectivity index (χ3v) is 6.45. The van der Waals surface area contributed by atoms with Crippen LogP contribution >= 0.6 is 0 Å². The van der Waals surface area contributed by atoms with Gasteiger partial charge in [-0.15, -0.1) is 0 Å². The minimum absolute atomic E-state index is 0.372. The van der Waals surface area contributed by atoms with Gasteiger partial charge in [0.2, 0.25) is 0 Å². The second-order valence-electron chi connectivity index (χ2n) is 8.52. The van der Waals surface area contributed by atoms with Crippen molar-refractivity contribution in [2.75, 3.05) is 5.32 Å². The fourth-order valence-electron chi connectivity index (χ4n) is 4.78. The van der Waals surface area contributed by atoms with Crippen LogP contribution in [0.15, 0.2) is 77.8 Å². The molecular weight excluding hydrogens is 352 g/mol. The molecular formula is C27H28N2. The van der Waals surface area contributed by atoms with Crippen LogP contribution in [0.2, 0.25) is 0 Å². The summed E-state index contributed by atoms with van der Waals surface area (Å²) in [5.41, 5.74) is 8.78. The predicted molar refractivity (Wildman–Crippen MR) is 122 cm³/mol. The molecule has 0 amide bonds. The largest absolute Gasteiger partial charge is 0.378 e. The van der Waals surface area contributed by atoms with E-state index in [2.05, 4.69) is 85.0 Å². The molecule has 0 radical (unpaired) electrons. The summed E-state index contributed by atoms with van der Waals surface area (Å²) in [7, 11) is 0. The summed E-state index contributed by atoms with van der Waals surface area (Å²) < 4.78 is 0. The van der Waals surface area contributed by atoms with Crippen molar-refractivity contribution in [3.63, 3.8) is 0 Å². The maximum atomic E-state index is 4.85. The van der Waals surface area contributed by atoms with Gasteiger partial charge in [0.15, 0.2) is 0 Å². The Balaban J connectivity index is 1.39. The summed E-state index contributed by atoms with van der Waals surface area (Å²) in [6, 6.07) is 26.8. The number of rotatable bonds is 5. The number of fused-ring (bicyclic) bond motifs is 1. The maximum absolute atomic E-state index is 4.85. The van der Waals surface area contributed by atoms with E-state index in [1.54, 1.807) is 0 Å². The van der Waals surface area contributed by atoms with Gasteiger partial charge in [-0.25, -0.2) is 0 Å². The lowest BCUT2D eigenvalue weighted by atomic mass is 9.90. The number of anilines is 1. The highest BCUT2D eigenvalue weighted by molar-refractivity contribution is 6.06. The molecule has 0 bridgehead atoms. The molecule has 0 spiro atoms. The van der Waals surface area contributed by atoms with Crippen LogP contribution in [0.1, 0.15) is 54.0 Å². The fraction of sp³-hybridized carbons (Fsp3) is 0.296. The van der Waals surface area contributed by atoms with Crippen LogP contribution in [0.3, 0.4) is 0 Å². The van der Waals surface area contributed by atoms with Crippen molar-refractivity contribution in [1.82, 2.24) is 0 Å². The second-order valence-corrected chi connectivity index (χ2v) is 8.52. The van der Waals surface area contributed by atoms with Crippen LogP contribution < -0.4 is 5.32 Å². The highest BCUT2D eigenvalue weighted by atomic mass is 14.9. The monoisotopic (exact) mass is 380 g/mol. The van der Waals surface area contributed by atoms with Crippen LogP contribution in [0.25, 0.3) is 0 Å². The molecule has 1 aliphatic carbocycles. The van der Waals surface area contributed by atoms with E-state index in [0.29, 0.717) is 12.0 Å². The first-order valence-electron chi connectivity index (χ1n) is 10.9. The minimum atomic E-state index is 0.372. The summed E-state index contributed by atoms with van der Waals surface area (Å²) in [6.45, 7) is 2.14. The van der Waals surface area contributed by atoms with Crippen LogP contribution in [0, 0.1) is 12.8 Å². The van der Waals surface area contributed by atoms with Crippen molar-refractivity contribution in [1.29, 1.82) is 0 Å². The number of aryl methyl sites for hydroxylation is 1. The van der Waals surface area contributed by atoms with Crippen molar-refractivity contribution in [2.45, 2.75) is 45.1 Å². The zero-order chi connectivity index (χ0) is 19.6. The van der Waals surface area contributed by atoms with Gasteiger partial charge >= 0.3 is 0 Å². The van der Waals surface area contributed by atoms with Crippen molar-refractivity contribution in [3.8, 4) is 0 Å². The van der Waals surface area contributed by atoms with Crippen LogP contribution in [0.5, 0.6) is 0 Å². The third-order valence-electron chi connectivity index (χ3n) is 6.45. The Hall–Kier alpha value is -2.87. The minimum Gasteiger partial charge on any atom is -0.378 e. The zero-order valence-electron chi connectivity index (χ0n) is 17.1. The standard InChI is InChI=1S/C27H28N2/c1-19-10-16-24(17-11-19)28-27(21-6-2-3-7-21)22-14-12-20(13-15-22)26-18-23-8-4-5-9-25(23)29-26/h4-5,8-17,21,27-28H,2-3,6-7,18H2,1H3. The lowest BCUT2D eigenvalue weighted by Crippen LogP contribution is -2.19. The van der Waals surface area contributed by atoms with E-state index in [4.69, 9.17) is 4.99 Å². The highest BCUT2D eigenvalue weighted by Crippen LogP contribution is 2.38. The van der Waals surface area contributed by atoms with Crippen LogP contribution in [-0.4, -0.2) is 5.71 Å². The van der Waals surface area contributed by atoms with Gasteiger partial charge in [-0.1, -0.05) is 73.0 Å². The molecule has 0 saturated heterocycles. The van der Waals surface area contributed by atoms with Crippen molar-refractivity contribution in [2.24, 2.45) is 10.9 Å². The number of hydrogen-bond donors (Lipinski definition) is 1. The normalized spacial score (nSPS) is 17.1. The van der Waals surface area contributed by atoms with Crippen molar-refractivity contribution >= 4 is 17.1 Å². The first kappa shape index (κ1) is 18.2. The molecule has 1 N–H and O–H groups in total. The molecule has 1 unspecified atom stereocenters. The fourth-order valence-corrected chi connectivity index (χ4v) is 4.78. The van der Waals surface area contributed by atoms with Gasteiger partial charge in [-0.05, 0) is 60.6 Å². The first-order valence-corrected chi connectivity index (χ1v) is 10.9. The molecule has 1 saturated carbocycles. The molecule has 29 heavy (non-hydrogen) atoms. The molecule has 2 heteroatoms. The van der Waals surface area contributed by atoms with Gasteiger partial charge in [0.25, 0.3) is 0 Å². The van der Waals surface area contributed by atoms with Gasteiger partial charge < -0.3 is 5.32 Å². The van der Waals surface area contributed by atoms with Gasteiger partial charge in [0.1, 0.15) is 0 Å². The van der Waals surface area contributed by atoms with Gasteiger partial charge in [0, 0.05) is 12.1 Å². The zero-order valence-corrected chi connectivity index (χ0v) is 17.1. The van der Waals surface area contributed by atoms with E-state index in [1.165, 1.54) is 59.3 Å². The van der Waals surface area contributed by atoms with Crippen LogP contribution in [-0.2, 0) is 6.42 Å². The molecule has 3 aromatic carbocycles. The molecule has 1 aliphatic heterocycles. The molecule has 5 rings (SSSR count). The summed E-state index contributed by atoms with van der Waals surface area (Å²) >= 11 is 0. The van der Waals surface area contributed by atoms with E-state index >= 15 is 0 Å². The number of nitrogens with zero attached hydrogens (tertiary/aromatic N) is 1. The van der Waals surface area contributed by atoms with Crippen LogP contribution in [0.4, 0.5) is 11.4 Å². The number of aliphatic imine (C=N–C) groups is 1. The summed E-state index contributed by atoms with van der Waals surface area (Å²) in [6.07, 6.45) is 6.26. The molecule has 1 atom stereocenters. The average Bonchev–Trinajstić information content (AvgIpc) is 3.43. The number of hydrogen-bond acceptors (Lipinski definition) is 2. The predicted octanol–water partition coefficient (Wildman–Crippen LogP) is 7.02. The van der Waals surface area contributed by atoms with Gasteiger partial charge in [0.05, 0.1) is 17.4 Å². The van der Waals surface area contributed by atoms with E-state index in [-0.39, 0.29) is 0 Å². The first-order chi connectivity index (χ1) is 14.3. The molecule has 1 heterocycles. The van der Waals surface area contributed by atoms with Crippen molar-refractivity contribution < 1.29 is 0 Å². The Morgan fingerprint density at radius 2 is 1.59 bits per heavy atom. The van der Waals surface area contributed by atoms with Gasteiger partial charge in [-0.2, -0.15) is 0 Å². The number of nitrogens with one attached hydrogen (secondary N) is 1. The summed E-state index contributed by atoms with van der Waals surface area (Å²) in [4.78, 5) is 4.85. The van der Waals surface area contributed by atoms with E-state index in [9.17, 15) is 0 Å².